The molecule has 0 bridgehead atoms. The molecule has 8 N–H and O–H groups in total. The van der Waals surface area contributed by atoms with Crippen LogP contribution in [0.1, 0.15) is 6.42 Å². The Bertz CT molecular complexity index is 391. The summed E-state index contributed by atoms with van der Waals surface area (Å²) in [5.74, 6) is -2.58. The number of hydrogen-bond acceptors (Lipinski definition) is 8. The van der Waals surface area contributed by atoms with Crippen molar-refractivity contribution in [2.75, 3.05) is 19.8 Å². The van der Waals surface area contributed by atoms with E-state index in [1.54, 1.807) is 0 Å². The van der Waals surface area contributed by atoms with Crippen LogP contribution in [-0.2, 0) is 14.3 Å². The van der Waals surface area contributed by atoms with Gasteiger partial charge in [-0.2, -0.15) is 0 Å². The van der Waals surface area contributed by atoms with Crippen molar-refractivity contribution in [1.82, 2.24) is 5.32 Å². The largest absolute Gasteiger partial charge is 0.395 e. The van der Waals surface area contributed by atoms with Gasteiger partial charge in [0, 0.05) is 13.0 Å². The monoisotopic (exact) mass is 322 g/mol. The molecule has 0 aliphatic carbocycles. The molecule has 0 aromatic carbocycles. The van der Waals surface area contributed by atoms with Crippen molar-refractivity contribution in [3.63, 3.8) is 0 Å². The van der Waals surface area contributed by atoms with Crippen LogP contribution in [-0.4, -0.2) is 87.6 Å². The van der Waals surface area contributed by atoms with Gasteiger partial charge in [0.05, 0.1) is 19.1 Å². The molecule has 1 aliphatic rings. The van der Waals surface area contributed by atoms with E-state index in [4.69, 9.17) is 15.6 Å². The van der Waals surface area contributed by atoms with Gasteiger partial charge in [-0.25, -0.2) is 0 Å². The van der Waals surface area contributed by atoms with Crippen LogP contribution in [0.3, 0.4) is 0 Å². The van der Waals surface area contributed by atoms with Gasteiger partial charge < -0.3 is 41.3 Å². The summed E-state index contributed by atoms with van der Waals surface area (Å²) in [6, 6.07) is 0. The molecule has 0 spiro atoms. The van der Waals surface area contributed by atoms with E-state index < -0.39 is 61.5 Å². The molecule has 2 amide bonds. The molecular weight excluding hydrogens is 300 g/mol. The molecule has 6 atom stereocenters. The van der Waals surface area contributed by atoms with E-state index in [0.717, 1.165) is 0 Å². The lowest BCUT2D eigenvalue weighted by molar-refractivity contribution is -0.242. The first-order chi connectivity index (χ1) is 10.3. The highest BCUT2D eigenvalue weighted by Gasteiger charge is 2.47. The Labute approximate surface area is 126 Å². The lowest BCUT2D eigenvalue weighted by Crippen LogP contribution is -2.62. The van der Waals surface area contributed by atoms with Crippen LogP contribution < -0.4 is 11.1 Å². The molecule has 1 heterocycles. The summed E-state index contributed by atoms with van der Waals surface area (Å²) in [5.41, 5.74) is 4.93. The number of nitrogens with one attached hydrogen (secondary N) is 1. The SMILES string of the molecule is NC(=O)CCNC(=O)C(CO)[C@@H]1O[C@H](CO)[C@@H](O)C(O)C1O. The van der Waals surface area contributed by atoms with Crippen molar-refractivity contribution in [1.29, 1.82) is 0 Å². The van der Waals surface area contributed by atoms with Crippen molar-refractivity contribution >= 4 is 11.8 Å². The Morgan fingerprint density at radius 2 is 1.77 bits per heavy atom. The summed E-state index contributed by atoms with van der Waals surface area (Å²) in [4.78, 5) is 22.6. The normalized spacial score (nSPS) is 33.2. The lowest BCUT2D eigenvalue weighted by atomic mass is 9.87. The third-order valence-corrected chi connectivity index (χ3v) is 3.53. The van der Waals surface area contributed by atoms with E-state index in [2.05, 4.69) is 5.32 Å². The molecule has 1 saturated heterocycles. The minimum atomic E-state index is -1.64. The van der Waals surface area contributed by atoms with Gasteiger partial charge in [0.2, 0.25) is 11.8 Å². The number of aliphatic hydroxyl groups excluding tert-OH is 5. The smallest absolute Gasteiger partial charge is 0.228 e. The zero-order valence-electron chi connectivity index (χ0n) is 11.8. The number of carbonyl (C=O) groups is 2. The number of aliphatic hydroxyl groups is 5. The number of hydrogen-bond donors (Lipinski definition) is 7. The number of ether oxygens (including phenoxy) is 1. The number of amides is 2. The number of carbonyl (C=O) groups excluding carboxylic acids is 2. The summed E-state index contributed by atoms with van der Waals surface area (Å²) >= 11 is 0. The second-order valence-electron chi connectivity index (χ2n) is 5.09. The minimum Gasteiger partial charge on any atom is -0.395 e. The van der Waals surface area contributed by atoms with Gasteiger partial charge in [0.15, 0.2) is 0 Å². The van der Waals surface area contributed by atoms with E-state index in [0.29, 0.717) is 0 Å². The van der Waals surface area contributed by atoms with Crippen LogP contribution in [0.5, 0.6) is 0 Å². The van der Waals surface area contributed by atoms with Crippen molar-refractivity contribution in [3.05, 3.63) is 0 Å². The molecule has 128 valence electrons. The van der Waals surface area contributed by atoms with E-state index in [1.165, 1.54) is 0 Å². The van der Waals surface area contributed by atoms with Crippen LogP contribution in [0.4, 0.5) is 0 Å². The van der Waals surface area contributed by atoms with Gasteiger partial charge in [0.1, 0.15) is 30.5 Å². The maximum Gasteiger partial charge on any atom is 0.228 e. The Morgan fingerprint density at radius 3 is 2.27 bits per heavy atom. The first kappa shape index (κ1) is 18.7. The maximum absolute atomic E-state index is 12.0. The molecule has 0 aromatic heterocycles. The van der Waals surface area contributed by atoms with Crippen LogP contribution in [0, 0.1) is 5.92 Å². The fourth-order valence-corrected chi connectivity index (χ4v) is 2.24. The average Bonchev–Trinajstić information content (AvgIpc) is 2.47. The zero-order chi connectivity index (χ0) is 16.9. The predicted molar refractivity (Wildman–Crippen MR) is 71.2 cm³/mol. The first-order valence-electron chi connectivity index (χ1n) is 6.80. The fourth-order valence-electron chi connectivity index (χ4n) is 2.24. The molecule has 10 heteroatoms. The molecule has 22 heavy (non-hydrogen) atoms. The van der Waals surface area contributed by atoms with Gasteiger partial charge in [-0.1, -0.05) is 0 Å². The molecule has 3 unspecified atom stereocenters. The van der Waals surface area contributed by atoms with Gasteiger partial charge in [0.25, 0.3) is 0 Å². The molecule has 1 aliphatic heterocycles. The van der Waals surface area contributed by atoms with Crippen LogP contribution in [0.15, 0.2) is 0 Å². The van der Waals surface area contributed by atoms with Gasteiger partial charge in [-0.05, 0) is 0 Å². The van der Waals surface area contributed by atoms with E-state index in [1.807, 2.05) is 0 Å². The molecule has 0 aromatic rings. The van der Waals surface area contributed by atoms with E-state index in [9.17, 15) is 30.0 Å². The number of nitrogens with two attached hydrogens (primary N) is 1. The highest BCUT2D eigenvalue weighted by atomic mass is 16.5. The Morgan fingerprint density at radius 1 is 1.14 bits per heavy atom. The van der Waals surface area contributed by atoms with Crippen molar-refractivity contribution < 1.29 is 39.9 Å². The average molecular weight is 322 g/mol. The quantitative estimate of drug-likeness (QED) is 0.244. The van der Waals surface area contributed by atoms with Crippen molar-refractivity contribution in [2.24, 2.45) is 11.7 Å². The summed E-state index contributed by atoms with van der Waals surface area (Å²) in [7, 11) is 0. The second-order valence-corrected chi connectivity index (χ2v) is 5.09. The fraction of sp³-hybridized carbons (Fsp3) is 0.833. The highest BCUT2D eigenvalue weighted by molar-refractivity contribution is 5.80. The van der Waals surface area contributed by atoms with E-state index >= 15 is 0 Å². The maximum atomic E-state index is 12.0. The molecule has 10 nitrogen and oxygen atoms in total. The van der Waals surface area contributed by atoms with Crippen LogP contribution in [0.2, 0.25) is 0 Å². The Hall–Kier alpha value is -1.30. The highest BCUT2D eigenvalue weighted by Crippen LogP contribution is 2.26. The second kappa shape index (κ2) is 8.36. The first-order valence-corrected chi connectivity index (χ1v) is 6.80. The summed E-state index contributed by atoms with van der Waals surface area (Å²) in [6.45, 7) is -1.39. The summed E-state index contributed by atoms with van der Waals surface area (Å²) < 4.78 is 5.21. The lowest BCUT2D eigenvalue weighted by Gasteiger charge is -2.42. The van der Waals surface area contributed by atoms with Gasteiger partial charge in [-0.15, -0.1) is 0 Å². The molecule has 0 saturated carbocycles. The minimum absolute atomic E-state index is 0.0535. The summed E-state index contributed by atoms with van der Waals surface area (Å²) in [5, 5.41) is 50.0. The predicted octanol–water partition coefficient (Wildman–Crippen LogP) is -4.57. The van der Waals surface area contributed by atoms with Crippen molar-refractivity contribution in [2.45, 2.75) is 36.9 Å². The summed E-state index contributed by atoms with van der Waals surface area (Å²) in [6.07, 6.45) is -7.41. The molecule has 1 fully saturated rings. The molecule has 0 radical (unpaired) electrons. The molecular formula is C12H22N2O8. The Kier molecular flexibility index (Phi) is 7.13. The van der Waals surface area contributed by atoms with Crippen molar-refractivity contribution in [3.8, 4) is 0 Å². The van der Waals surface area contributed by atoms with Gasteiger partial charge in [-0.3, -0.25) is 9.59 Å². The topological polar surface area (TPSA) is 183 Å². The van der Waals surface area contributed by atoms with Gasteiger partial charge >= 0.3 is 0 Å². The standard InChI is InChI=1S/C12H22N2O8/c13-7(17)1-2-14-12(21)5(3-15)11-10(20)9(19)8(18)6(4-16)22-11/h5-6,8-11,15-16,18-20H,1-4H2,(H2,13,17)(H,14,21)/t5?,6-,8-,9?,10?,11+/m1/s1. The zero-order valence-corrected chi connectivity index (χ0v) is 11.8. The third kappa shape index (κ3) is 4.35. The Balaban J connectivity index is 2.75. The van der Waals surface area contributed by atoms with Crippen LogP contribution >= 0.6 is 0 Å². The van der Waals surface area contributed by atoms with Crippen LogP contribution in [0.25, 0.3) is 0 Å². The van der Waals surface area contributed by atoms with E-state index in [-0.39, 0.29) is 13.0 Å². The number of primary amides is 1. The third-order valence-electron chi connectivity index (χ3n) is 3.53. The number of rotatable bonds is 7. The molecule has 1 rings (SSSR count).